The number of aliphatic hydroxyl groups excluding tert-OH is 1. The normalized spacial score (nSPS) is 11.8. The lowest BCUT2D eigenvalue weighted by molar-refractivity contribution is 0.00954. The van der Waals surface area contributed by atoms with E-state index < -0.39 is 23.4 Å². The Labute approximate surface area is 168 Å². The Morgan fingerprint density at radius 1 is 0.857 bits per heavy atom. The molecule has 166 valence electrons. The van der Waals surface area contributed by atoms with Crippen molar-refractivity contribution in [1.82, 2.24) is 10.2 Å². The first-order valence-electron chi connectivity index (χ1n) is 9.66. The fourth-order valence-corrected chi connectivity index (χ4v) is 1.92. The molecule has 0 unspecified atom stereocenters. The van der Waals surface area contributed by atoms with E-state index in [4.69, 9.17) is 24.1 Å². The van der Waals surface area contributed by atoms with Crippen LogP contribution in [0.25, 0.3) is 0 Å². The third-order valence-electron chi connectivity index (χ3n) is 3.03. The molecule has 0 aliphatic carbocycles. The topological polar surface area (TPSA) is 107 Å². The van der Waals surface area contributed by atoms with E-state index in [2.05, 4.69) is 5.32 Å². The molecule has 0 rings (SSSR count). The molecule has 0 radical (unpaired) electrons. The highest BCUT2D eigenvalue weighted by molar-refractivity contribution is 5.68. The number of carbonyl (C=O) groups excluding carboxylic acids is 2. The molecule has 0 aliphatic heterocycles. The maximum Gasteiger partial charge on any atom is 0.410 e. The Kier molecular flexibility index (Phi) is 12.8. The van der Waals surface area contributed by atoms with Gasteiger partial charge in [0.05, 0.1) is 26.4 Å². The van der Waals surface area contributed by atoms with Crippen molar-refractivity contribution in [3.05, 3.63) is 0 Å². The molecule has 0 atom stereocenters. The number of nitrogens with one attached hydrogen (secondary N) is 1. The minimum absolute atomic E-state index is 0.00528. The number of alkyl carbamates (subject to hydrolysis) is 1. The van der Waals surface area contributed by atoms with E-state index in [0.29, 0.717) is 52.5 Å². The second-order valence-corrected chi connectivity index (χ2v) is 8.20. The van der Waals surface area contributed by atoms with Crippen LogP contribution in [0.4, 0.5) is 9.59 Å². The summed E-state index contributed by atoms with van der Waals surface area (Å²) in [6.45, 7) is 13.4. The minimum Gasteiger partial charge on any atom is -0.444 e. The lowest BCUT2D eigenvalue weighted by Gasteiger charge is -2.27. The van der Waals surface area contributed by atoms with E-state index in [1.54, 1.807) is 41.5 Å². The fourth-order valence-electron chi connectivity index (χ4n) is 1.92. The van der Waals surface area contributed by atoms with Gasteiger partial charge in [-0.2, -0.15) is 0 Å². The van der Waals surface area contributed by atoms with E-state index in [-0.39, 0.29) is 6.61 Å². The predicted octanol–water partition coefficient (Wildman–Crippen LogP) is 2.16. The second kappa shape index (κ2) is 13.6. The molecule has 0 aliphatic rings. The molecule has 0 aromatic rings. The Balaban J connectivity index is 3.84. The Hall–Kier alpha value is -1.58. The van der Waals surface area contributed by atoms with Crippen LogP contribution < -0.4 is 5.32 Å². The molecule has 0 heterocycles. The monoisotopic (exact) mass is 406 g/mol. The molecule has 9 heteroatoms. The van der Waals surface area contributed by atoms with Crippen molar-refractivity contribution in [1.29, 1.82) is 0 Å². The van der Waals surface area contributed by atoms with Crippen molar-refractivity contribution in [2.75, 3.05) is 52.7 Å². The summed E-state index contributed by atoms with van der Waals surface area (Å²) < 4.78 is 21.3. The lowest BCUT2D eigenvalue weighted by atomic mass is 10.2. The highest BCUT2D eigenvalue weighted by Gasteiger charge is 2.21. The molecule has 0 bridgehead atoms. The number of amides is 2. The highest BCUT2D eigenvalue weighted by Crippen LogP contribution is 2.10. The van der Waals surface area contributed by atoms with Crippen molar-refractivity contribution in [2.45, 2.75) is 59.2 Å². The van der Waals surface area contributed by atoms with Crippen molar-refractivity contribution >= 4 is 12.2 Å². The van der Waals surface area contributed by atoms with Gasteiger partial charge in [0.2, 0.25) is 0 Å². The van der Waals surface area contributed by atoms with Crippen LogP contribution in [-0.2, 0) is 18.9 Å². The summed E-state index contributed by atoms with van der Waals surface area (Å²) in [6, 6.07) is 0. The van der Waals surface area contributed by atoms with Crippen LogP contribution in [0.15, 0.2) is 0 Å². The largest absolute Gasteiger partial charge is 0.444 e. The number of hydrogen-bond donors (Lipinski definition) is 2. The van der Waals surface area contributed by atoms with Crippen LogP contribution in [0.3, 0.4) is 0 Å². The van der Waals surface area contributed by atoms with Gasteiger partial charge in [0.1, 0.15) is 11.2 Å². The zero-order valence-corrected chi connectivity index (χ0v) is 18.2. The van der Waals surface area contributed by atoms with Gasteiger partial charge in [0.15, 0.2) is 0 Å². The Bertz CT molecular complexity index is 445. The van der Waals surface area contributed by atoms with Crippen molar-refractivity contribution < 1.29 is 33.6 Å². The van der Waals surface area contributed by atoms with Crippen molar-refractivity contribution in [3.8, 4) is 0 Å². The van der Waals surface area contributed by atoms with Crippen LogP contribution in [0, 0.1) is 0 Å². The SMILES string of the molecule is CC(C)(C)OC(=O)NCCOCCOCCN(CCCO)C(=O)OC(C)(C)C. The Morgan fingerprint density at radius 3 is 1.96 bits per heavy atom. The van der Waals surface area contributed by atoms with Gasteiger partial charge in [-0.3, -0.25) is 0 Å². The first-order valence-corrected chi connectivity index (χ1v) is 9.66. The van der Waals surface area contributed by atoms with E-state index in [0.717, 1.165) is 0 Å². The Morgan fingerprint density at radius 2 is 1.43 bits per heavy atom. The molecule has 9 nitrogen and oxygen atoms in total. The van der Waals surface area contributed by atoms with Crippen LogP contribution >= 0.6 is 0 Å². The molecular weight excluding hydrogens is 368 g/mol. The molecule has 2 N–H and O–H groups in total. The van der Waals surface area contributed by atoms with Crippen LogP contribution in [0.5, 0.6) is 0 Å². The highest BCUT2D eigenvalue weighted by atomic mass is 16.6. The molecule has 0 aromatic carbocycles. The standard InChI is InChI=1S/C19H38N2O7/c1-18(2,3)27-16(23)20-8-12-25-14-15-26-13-10-21(9-7-11-22)17(24)28-19(4,5)6/h22H,7-15H2,1-6H3,(H,20,23). The first kappa shape index (κ1) is 26.4. The number of carbonyl (C=O) groups is 2. The van der Waals surface area contributed by atoms with Gasteiger partial charge in [0.25, 0.3) is 0 Å². The third-order valence-corrected chi connectivity index (χ3v) is 3.03. The quantitative estimate of drug-likeness (QED) is 0.478. The average molecular weight is 407 g/mol. The van der Waals surface area contributed by atoms with Gasteiger partial charge >= 0.3 is 12.2 Å². The van der Waals surface area contributed by atoms with Crippen molar-refractivity contribution in [3.63, 3.8) is 0 Å². The number of aliphatic hydroxyl groups is 1. The third kappa shape index (κ3) is 16.6. The molecule has 2 amide bonds. The molecular formula is C19H38N2O7. The maximum atomic E-state index is 12.1. The van der Waals surface area contributed by atoms with Gasteiger partial charge in [-0.05, 0) is 48.0 Å². The van der Waals surface area contributed by atoms with Crippen LogP contribution in [0.1, 0.15) is 48.0 Å². The summed E-state index contributed by atoms with van der Waals surface area (Å²) >= 11 is 0. The van der Waals surface area contributed by atoms with Crippen LogP contribution in [0.2, 0.25) is 0 Å². The van der Waals surface area contributed by atoms with E-state index in [9.17, 15) is 9.59 Å². The van der Waals surface area contributed by atoms with Crippen molar-refractivity contribution in [2.24, 2.45) is 0 Å². The summed E-state index contributed by atoms with van der Waals surface area (Å²) in [6.07, 6.45) is -0.418. The molecule has 0 fully saturated rings. The molecule has 28 heavy (non-hydrogen) atoms. The van der Waals surface area contributed by atoms with E-state index >= 15 is 0 Å². The smallest absolute Gasteiger partial charge is 0.410 e. The average Bonchev–Trinajstić information content (AvgIpc) is 2.52. The molecule has 0 saturated heterocycles. The zero-order chi connectivity index (χ0) is 21.6. The predicted molar refractivity (Wildman–Crippen MR) is 105 cm³/mol. The first-order chi connectivity index (χ1) is 12.9. The van der Waals surface area contributed by atoms with Crippen LogP contribution in [-0.4, -0.2) is 86.1 Å². The van der Waals surface area contributed by atoms with Gasteiger partial charge in [-0.1, -0.05) is 0 Å². The molecule has 0 spiro atoms. The summed E-state index contributed by atoms with van der Waals surface area (Å²) in [4.78, 5) is 25.1. The van der Waals surface area contributed by atoms with E-state index in [1.807, 2.05) is 0 Å². The van der Waals surface area contributed by atoms with Gasteiger partial charge in [0, 0.05) is 26.2 Å². The summed E-state index contributed by atoms with van der Waals surface area (Å²) in [5, 5.41) is 11.6. The minimum atomic E-state index is -0.573. The number of nitrogens with zero attached hydrogens (tertiary/aromatic N) is 1. The van der Waals surface area contributed by atoms with Gasteiger partial charge in [-0.15, -0.1) is 0 Å². The molecule has 0 aromatic heterocycles. The summed E-state index contributed by atoms with van der Waals surface area (Å²) in [5.74, 6) is 0. The fraction of sp³-hybridized carbons (Fsp3) is 0.895. The number of rotatable bonds is 12. The lowest BCUT2D eigenvalue weighted by Crippen LogP contribution is -2.39. The molecule has 0 saturated carbocycles. The zero-order valence-electron chi connectivity index (χ0n) is 18.2. The van der Waals surface area contributed by atoms with E-state index in [1.165, 1.54) is 4.90 Å². The number of hydrogen-bond acceptors (Lipinski definition) is 7. The second-order valence-electron chi connectivity index (χ2n) is 8.20. The maximum absolute atomic E-state index is 12.1. The number of ether oxygens (including phenoxy) is 4. The van der Waals surface area contributed by atoms with Gasteiger partial charge < -0.3 is 34.3 Å². The summed E-state index contributed by atoms with van der Waals surface area (Å²) in [7, 11) is 0. The summed E-state index contributed by atoms with van der Waals surface area (Å²) in [5.41, 5.74) is -1.10. The van der Waals surface area contributed by atoms with Gasteiger partial charge in [-0.25, -0.2) is 9.59 Å².